The molecular formula is C14H21F3N2O3. The molecule has 126 valence electrons. The van der Waals surface area contributed by atoms with Gasteiger partial charge in [0.2, 0.25) is 5.91 Å². The number of carboxylic acid groups (broad SMARTS) is 1. The number of carbonyl (C=O) groups is 2. The van der Waals surface area contributed by atoms with Gasteiger partial charge in [-0.3, -0.25) is 14.5 Å². The number of nitrogens with one attached hydrogen (secondary N) is 1. The van der Waals surface area contributed by atoms with Crippen LogP contribution in [0.2, 0.25) is 0 Å². The van der Waals surface area contributed by atoms with Crippen molar-refractivity contribution in [2.75, 3.05) is 13.1 Å². The molecule has 0 aromatic heterocycles. The van der Waals surface area contributed by atoms with E-state index in [0.717, 1.165) is 19.4 Å². The van der Waals surface area contributed by atoms with E-state index in [2.05, 4.69) is 5.32 Å². The molecule has 2 rings (SSSR count). The fraction of sp³-hybridized carbons (Fsp3) is 0.857. The molecule has 0 spiro atoms. The van der Waals surface area contributed by atoms with Gasteiger partial charge in [-0.1, -0.05) is 0 Å². The number of alkyl halides is 3. The van der Waals surface area contributed by atoms with Gasteiger partial charge in [0.1, 0.15) is 0 Å². The maximum Gasteiger partial charge on any atom is 0.389 e. The fourth-order valence-electron chi connectivity index (χ4n) is 2.71. The van der Waals surface area contributed by atoms with E-state index >= 15 is 0 Å². The summed E-state index contributed by atoms with van der Waals surface area (Å²) in [5.74, 6) is -0.897. The second-order valence-corrected chi connectivity index (χ2v) is 6.27. The molecule has 8 heteroatoms. The monoisotopic (exact) mass is 322 g/mol. The first-order valence-electron chi connectivity index (χ1n) is 7.55. The van der Waals surface area contributed by atoms with Crippen LogP contribution in [0.4, 0.5) is 13.2 Å². The highest BCUT2D eigenvalue weighted by Crippen LogP contribution is 2.33. The van der Waals surface area contributed by atoms with Crippen molar-refractivity contribution >= 4 is 11.9 Å². The number of nitrogens with zero attached hydrogens (tertiary/aromatic N) is 1. The molecule has 0 heterocycles. The van der Waals surface area contributed by atoms with Gasteiger partial charge in [-0.2, -0.15) is 13.2 Å². The van der Waals surface area contributed by atoms with Crippen LogP contribution >= 0.6 is 0 Å². The second kappa shape index (κ2) is 6.85. The van der Waals surface area contributed by atoms with Crippen LogP contribution in [0.1, 0.15) is 38.5 Å². The van der Waals surface area contributed by atoms with Crippen molar-refractivity contribution in [1.82, 2.24) is 10.2 Å². The number of hydrogen-bond donors (Lipinski definition) is 2. The zero-order valence-electron chi connectivity index (χ0n) is 12.2. The van der Waals surface area contributed by atoms with Crippen molar-refractivity contribution in [3.05, 3.63) is 0 Å². The average Bonchev–Trinajstić information content (AvgIpc) is 3.12. The first-order valence-corrected chi connectivity index (χ1v) is 7.55. The summed E-state index contributed by atoms with van der Waals surface area (Å²) in [5.41, 5.74) is 0. The number of aliphatic carboxylic acids is 1. The molecule has 2 aliphatic rings. The first kappa shape index (κ1) is 17.1. The minimum absolute atomic E-state index is 0.0179. The van der Waals surface area contributed by atoms with E-state index < -0.39 is 30.9 Å². The topological polar surface area (TPSA) is 69.6 Å². The second-order valence-electron chi connectivity index (χ2n) is 6.27. The molecule has 2 N–H and O–H groups in total. The van der Waals surface area contributed by atoms with Gasteiger partial charge in [-0.05, 0) is 31.6 Å². The standard InChI is InChI=1S/C14H21F3N2O3/c15-14(16,17)4-3-12(20)18-10-5-11(6-10)19(8-13(21)22)7-9-1-2-9/h9-11H,1-8H2,(H,18,20)(H,21,22). The molecule has 0 aromatic rings. The van der Waals surface area contributed by atoms with Gasteiger partial charge in [0.15, 0.2) is 0 Å². The van der Waals surface area contributed by atoms with Crippen LogP contribution in [0.15, 0.2) is 0 Å². The molecule has 0 unspecified atom stereocenters. The minimum Gasteiger partial charge on any atom is -0.480 e. The Hall–Kier alpha value is -1.31. The largest absolute Gasteiger partial charge is 0.480 e. The Kier molecular flexibility index (Phi) is 5.31. The van der Waals surface area contributed by atoms with E-state index in [9.17, 15) is 22.8 Å². The molecule has 2 aliphatic carbocycles. The van der Waals surface area contributed by atoms with Crippen molar-refractivity contribution in [3.63, 3.8) is 0 Å². The highest BCUT2D eigenvalue weighted by Gasteiger charge is 2.38. The van der Waals surface area contributed by atoms with Crippen LogP contribution in [0.5, 0.6) is 0 Å². The van der Waals surface area contributed by atoms with Gasteiger partial charge < -0.3 is 10.4 Å². The maximum absolute atomic E-state index is 12.0. The maximum atomic E-state index is 12.0. The normalized spacial score (nSPS) is 24.9. The summed E-state index contributed by atoms with van der Waals surface area (Å²) in [6.07, 6.45) is -2.51. The molecule has 0 aromatic carbocycles. The molecule has 0 atom stereocenters. The van der Waals surface area contributed by atoms with E-state index in [-0.39, 0.29) is 18.6 Å². The van der Waals surface area contributed by atoms with Crippen molar-refractivity contribution in [2.45, 2.75) is 56.8 Å². The van der Waals surface area contributed by atoms with Crippen LogP contribution in [0, 0.1) is 5.92 Å². The highest BCUT2D eigenvalue weighted by atomic mass is 19.4. The van der Waals surface area contributed by atoms with Crippen LogP contribution in [0.25, 0.3) is 0 Å². The molecule has 0 saturated heterocycles. The lowest BCUT2D eigenvalue weighted by atomic mass is 9.85. The third kappa shape index (κ3) is 5.82. The molecule has 0 bridgehead atoms. The lowest BCUT2D eigenvalue weighted by Crippen LogP contribution is -2.55. The number of hydrogen-bond acceptors (Lipinski definition) is 3. The zero-order chi connectivity index (χ0) is 16.3. The quantitative estimate of drug-likeness (QED) is 0.715. The Balaban J connectivity index is 1.68. The van der Waals surface area contributed by atoms with E-state index in [1.807, 2.05) is 4.90 Å². The Morgan fingerprint density at radius 1 is 1.23 bits per heavy atom. The number of carbonyl (C=O) groups excluding carboxylic acids is 1. The Bertz CT molecular complexity index is 418. The molecule has 2 fully saturated rings. The van der Waals surface area contributed by atoms with E-state index in [0.29, 0.717) is 18.8 Å². The van der Waals surface area contributed by atoms with Crippen molar-refractivity contribution < 1.29 is 27.9 Å². The molecule has 0 aliphatic heterocycles. The van der Waals surface area contributed by atoms with Crippen LogP contribution in [-0.2, 0) is 9.59 Å². The van der Waals surface area contributed by atoms with Gasteiger partial charge >= 0.3 is 12.1 Å². The number of carboxylic acids is 1. The fourth-order valence-corrected chi connectivity index (χ4v) is 2.71. The summed E-state index contributed by atoms with van der Waals surface area (Å²) in [7, 11) is 0. The highest BCUT2D eigenvalue weighted by molar-refractivity contribution is 5.76. The summed E-state index contributed by atoms with van der Waals surface area (Å²) in [5, 5.41) is 11.5. The van der Waals surface area contributed by atoms with Crippen molar-refractivity contribution in [1.29, 1.82) is 0 Å². The summed E-state index contributed by atoms with van der Waals surface area (Å²) < 4.78 is 36.1. The van der Waals surface area contributed by atoms with E-state index in [4.69, 9.17) is 5.11 Å². The van der Waals surface area contributed by atoms with Crippen LogP contribution in [0.3, 0.4) is 0 Å². The van der Waals surface area contributed by atoms with Gasteiger partial charge in [-0.15, -0.1) is 0 Å². The summed E-state index contributed by atoms with van der Waals surface area (Å²) in [4.78, 5) is 24.2. The molecule has 1 amide bonds. The molecule has 0 radical (unpaired) electrons. The van der Waals surface area contributed by atoms with E-state index in [1.165, 1.54) is 0 Å². The SMILES string of the molecule is O=C(O)CN(CC1CC1)C1CC(NC(=O)CCC(F)(F)F)C1. The zero-order valence-corrected chi connectivity index (χ0v) is 12.2. The molecule has 2 saturated carbocycles. The van der Waals surface area contributed by atoms with Gasteiger partial charge in [0, 0.05) is 25.0 Å². The Morgan fingerprint density at radius 3 is 2.36 bits per heavy atom. The smallest absolute Gasteiger partial charge is 0.389 e. The van der Waals surface area contributed by atoms with Crippen molar-refractivity contribution in [3.8, 4) is 0 Å². The van der Waals surface area contributed by atoms with Crippen molar-refractivity contribution in [2.24, 2.45) is 5.92 Å². The number of halogens is 3. The Labute approximate surface area is 126 Å². The predicted octanol–water partition coefficient (Wildman–Crippen LogP) is 1.77. The van der Waals surface area contributed by atoms with Gasteiger partial charge in [-0.25, -0.2) is 0 Å². The van der Waals surface area contributed by atoms with Crippen LogP contribution in [-0.4, -0.2) is 53.2 Å². The third-order valence-corrected chi connectivity index (χ3v) is 4.16. The van der Waals surface area contributed by atoms with E-state index in [1.54, 1.807) is 0 Å². The third-order valence-electron chi connectivity index (χ3n) is 4.16. The minimum atomic E-state index is -4.32. The lowest BCUT2D eigenvalue weighted by Gasteiger charge is -2.42. The first-order chi connectivity index (χ1) is 10.2. The van der Waals surface area contributed by atoms with Crippen LogP contribution < -0.4 is 5.32 Å². The van der Waals surface area contributed by atoms with Gasteiger partial charge in [0.05, 0.1) is 13.0 Å². The predicted molar refractivity (Wildman–Crippen MR) is 72.2 cm³/mol. The average molecular weight is 322 g/mol. The summed E-state index contributed by atoms with van der Waals surface area (Å²) >= 11 is 0. The molecule has 22 heavy (non-hydrogen) atoms. The summed E-state index contributed by atoms with van der Waals surface area (Å²) in [6.45, 7) is 0.738. The molecular weight excluding hydrogens is 301 g/mol. The number of rotatable bonds is 8. The Morgan fingerprint density at radius 2 is 1.86 bits per heavy atom. The van der Waals surface area contributed by atoms with Gasteiger partial charge in [0.25, 0.3) is 0 Å². The number of amides is 1. The lowest BCUT2D eigenvalue weighted by molar-refractivity contribution is -0.145. The summed E-state index contributed by atoms with van der Waals surface area (Å²) in [6, 6.07) is -0.0363. The molecule has 5 nitrogen and oxygen atoms in total.